The molecule has 3 atom stereocenters. The molecule has 2 bridgehead atoms. The molecule has 0 radical (unpaired) electrons. The van der Waals surface area contributed by atoms with Crippen molar-refractivity contribution in [1.82, 2.24) is 35.0 Å². The van der Waals surface area contributed by atoms with Crippen molar-refractivity contribution in [3.8, 4) is 5.69 Å². The number of fused-ring (bicyclic) bond motifs is 3. The lowest BCUT2D eigenvalue weighted by Gasteiger charge is -2.42. The summed E-state index contributed by atoms with van der Waals surface area (Å²) in [6.07, 6.45) is 7.10. The minimum Gasteiger partial charge on any atom is -0.331 e. The van der Waals surface area contributed by atoms with E-state index in [0.29, 0.717) is 35.4 Å². The van der Waals surface area contributed by atoms with Crippen molar-refractivity contribution in [1.29, 1.82) is 0 Å². The van der Waals surface area contributed by atoms with E-state index in [1.165, 1.54) is 24.2 Å². The Morgan fingerprint density at radius 1 is 1.03 bits per heavy atom. The number of nitrogens with one attached hydrogen (secondary N) is 1. The molecular formula is C25H27N7O4. The van der Waals surface area contributed by atoms with E-state index in [4.69, 9.17) is 0 Å². The number of rotatable bonds is 4. The SMILES string of the molecule is O=C1CCC(N2Cc3cc(-n4cc(C(=O)N5C[C@@H]6C[C@H]5CN6C5CCC5)nn4)ccc3C2=O)C(=O)N1. The lowest BCUT2D eigenvalue weighted by Crippen LogP contribution is -2.53. The molecule has 5 aliphatic rings. The fourth-order valence-electron chi connectivity index (χ4n) is 6.45. The van der Waals surface area contributed by atoms with Gasteiger partial charge >= 0.3 is 0 Å². The van der Waals surface area contributed by atoms with Crippen LogP contribution in [0.4, 0.5) is 0 Å². The third-order valence-electron chi connectivity index (χ3n) is 8.57. The van der Waals surface area contributed by atoms with Crippen molar-refractivity contribution in [2.45, 2.75) is 69.2 Å². The number of aromatic nitrogens is 3. The first-order valence-electron chi connectivity index (χ1n) is 12.7. The fraction of sp³-hybridized carbons (Fsp3) is 0.520. The van der Waals surface area contributed by atoms with Gasteiger partial charge in [0.1, 0.15) is 6.04 Å². The number of carbonyl (C=O) groups excluding carboxylic acids is 4. The first-order valence-corrected chi connectivity index (χ1v) is 12.7. The minimum atomic E-state index is -0.655. The molecule has 4 aliphatic heterocycles. The molecule has 4 amide bonds. The molecule has 7 rings (SSSR count). The Kier molecular flexibility index (Phi) is 4.79. The Hall–Kier alpha value is -3.60. The predicted octanol–water partition coefficient (Wildman–Crippen LogP) is 0.480. The summed E-state index contributed by atoms with van der Waals surface area (Å²) in [4.78, 5) is 56.0. The summed E-state index contributed by atoms with van der Waals surface area (Å²) in [6, 6.07) is 6.08. The van der Waals surface area contributed by atoms with Crippen LogP contribution < -0.4 is 5.32 Å². The zero-order chi connectivity index (χ0) is 24.6. The van der Waals surface area contributed by atoms with Gasteiger partial charge in [-0.25, -0.2) is 4.68 Å². The van der Waals surface area contributed by atoms with Crippen LogP contribution in [-0.4, -0.2) is 90.6 Å². The normalized spacial score (nSPS) is 28.0. The lowest BCUT2D eigenvalue weighted by molar-refractivity contribution is -0.136. The van der Waals surface area contributed by atoms with E-state index in [2.05, 4.69) is 20.5 Å². The first kappa shape index (κ1) is 21.7. The molecule has 11 nitrogen and oxygen atoms in total. The highest BCUT2D eigenvalue weighted by Crippen LogP contribution is 2.38. The molecule has 1 aromatic carbocycles. The van der Waals surface area contributed by atoms with Crippen LogP contribution in [0, 0.1) is 0 Å². The zero-order valence-corrected chi connectivity index (χ0v) is 19.8. The molecule has 3 saturated heterocycles. The van der Waals surface area contributed by atoms with E-state index in [1.807, 2.05) is 11.0 Å². The van der Waals surface area contributed by atoms with Gasteiger partial charge in [0.25, 0.3) is 11.8 Å². The molecule has 1 unspecified atom stereocenters. The average molecular weight is 490 g/mol. The van der Waals surface area contributed by atoms with Crippen LogP contribution in [0.15, 0.2) is 24.4 Å². The minimum absolute atomic E-state index is 0.0811. The van der Waals surface area contributed by atoms with Gasteiger partial charge in [-0.1, -0.05) is 11.6 Å². The number of likely N-dealkylation sites (tertiary alicyclic amines) is 2. The highest BCUT2D eigenvalue weighted by molar-refractivity contribution is 6.05. The zero-order valence-electron chi connectivity index (χ0n) is 19.8. The molecule has 5 heterocycles. The largest absolute Gasteiger partial charge is 0.331 e. The summed E-state index contributed by atoms with van der Waals surface area (Å²) in [5.41, 5.74) is 2.32. The van der Waals surface area contributed by atoms with E-state index >= 15 is 0 Å². The summed E-state index contributed by atoms with van der Waals surface area (Å²) < 4.78 is 1.56. The summed E-state index contributed by atoms with van der Waals surface area (Å²) in [6.45, 7) is 1.99. The summed E-state index contributed by atoms with van der Waals surface area (Å²) in [5, 5.41) is 10.7. The second-order valence-corrected chi connectivity index (χ2v) is 10.6. The van der Waals surface area contributed by atoms with E-state index in [0.717, 1.165) is 25.1 Å². The highest BCUT2D eigenvalue weighted by atomic mass is 16.2. The molecule has 2 aromatic rings. The van der Waals surface area contributed by atoms with E-state index < -0.39 is 11.9 Å². The van der Waals surface area contributed by atoms with E-state index in [-0.39, 0.29) is 36.7 Å². The molecule has 1 saturated carbocycles. The molecule has 4 fully saturated rings. The van der Waals surface area contributed by atoms with Gasteiger partial charge in [-0.05, 0) is 49.4 Å². The van der Waals surface area contributed by atoms with Gasteiger partial charge in [0.2, 0.25) is 11.8 Å². The molecule has 0 spiro atoms. The Labute approximate surface area is 207 Å². The predicted molar refractivity (Wildman–Crippen MR) is 125 cm³/mol. The highest BCUT2D eigenvalue weighted by Gasteiger charge is 2.48. The number of hydrogen-bond acceptors (Lipinski definition) is 7. The third kappa shape index (κ3) is 3.29. The maximum Gasteiger partial charge on any atom is 0.276 e. The van der Waals surface area contributed by atoms with Crippen molar-refractivity contribution in [3.05, 3.63) is 41.2 Å². The van der Waals surface area contributed by atoms with Crippen molar-refractivity contribution in [3.63, 3.8) is 0 Å². The summed E-state index contributed by atoms with van der Waals surface area (Å²) >= 11 is 0. The lowest BCUT2D eigenvalue weighted by atomic mass is 9.91. The second kappa shape index (κ2) is 7.95. The van der Waals surface area contributed by atoms with Crippen molar-refractivity contribution < 1.29 is 19.2 Å². The molecule has 36 heavy (non-hydrogen) atoms. The Morgan fingerprint density at radius 2 is 1.89 bits per heavy atom. The fourth-order valence-corrected chi connectivity index (χ4v) is 6.45. The Bertz CT molecular complexity index is 1300. The molecule has 186 valence electrons. The van der Waals surface area contributed by atoms with Crippen molar-refractivity contribution in [2.24, 2.45) is 0 Å². The van der Waals surface area contributed by atoms with Gasteiger partial charge in [-0.3, -0.25) is 29.4 Å². The van der Waals surface area contributed by atoms with Crippen LogP contribution >= 0.6 is 0 Å². The van der Waals surface area contributed by atoms with Gasteiger partial charge in [0, 0.05) is 49.7 Å². The number of carbonyl (C=O) groups is 4. The number of nitrogens with zero attached hydrogens (tertiary/aromatic N) is 6. The number of piperidine rings is 1. The number of hydrogen-bond donors (Lipinski definition) is 1. The molecular weight excluding hydrogens is 462 g/mol. The standard InChI is InChI=1S/C25H27N7O4/c33-22-7-6-21(23(34)26-22)31-10-14-8-16(4-5-19(14)24(31)35)32-13-20(27-28-32)25(36)30-12-17-9-18(30)11-29(17)15-2-1-3-15/h4-5,8,13,15,17-18,21H,1-3,6-7,9-12H2,(H,26,33,34)/t17-,18-,21?/m0/s1. The topological polar surface area (TPSA) is 121 Å². The van der Waals surface area contributed by atoms with E-state index in [9.17, 15) is 19.2 Å². The quantitative estimate of drug-likeness (QED) is 0.620. The van der Waals surface area contributed by atoms with Gasteiger partial charge in [0.05, 0.1) is 11.9 Å². The van der Waals surface area contributed by atoms with Crippen molar-refractivity contribution >= 4 is 23.6 Å². The van der Waals surface area contributed by atoms with E-state index in [1.54, 1.807) is 23.0 Å². The van der Waals surface area contributed by atoms with Crippen LogP contribution in [-0.2, 0) is 16.1 Å². The van der Waals surface area contributed by atoms with Crippen LogP contribution in [0.25, 0.3) is 5.69 Å². The van der Waals surface area contributed by atoms with Gasteiger partial charge in [-0.2, -0.15) is 0 Å². The summed E-state index contributed by atoms with van der Waals surface area (Å²) in [7, 11) is 0. The molecule has 1 aromatic heterocycles. The maximum absolute atomic E-state index is 13.2. The summed E-state index contributed by atoms with van der Waals surface area (Å²) in [5.74, 6) is -1.04. The number of piperazine rings is 1. The smallest absolute Gasteiger partial charge is 0.276 e. The monoisotopic (exact) mass is 489 g/mol. The van der Waals surface area contributed by atoms with Crippen molar-refractivity contribution in [2.75, 3.05) is 13.1 Å². The molecule has 1 N–H and O–H groups in total. The third-order valence-corrected chi connectivity index (χ3v) is 8.57. The van der Waals surface area contributed by atoms with Crippen LogP contribution in [0.1, 0.15) is 64.9 Å². The average Bonchev–Trinajstić information content (AvgIpc) is 3.61. The molecule has 11 heteroatoms. The Balaban J connectivity index is 1.06. The van der Waals surface area contributed by atoms with Gasteiger partial charge < -0.3 is 9.80 Å². The van der Waals surface area contributed by atoms with Gasteiger partial charge in [0.15, 0.2) is 5.69 Å². The van der Waals surface area contributed by atoms with Crippen LogP contribution in [0.2, 0.25) is 0 Å². The Morgan fingerprint density at radius 3 is 2.61 bits per heavy atom. The second-order valence-electron chi connectivity index (χ2n) is 10.6. The maximum atomic E-state index is 13.2. The number of imide groups is 1. The van der Waals surface area contributed by atoms with Gasteiger partial charge in [-0.15, -0.1) is 5.10 Å². The first-order chi connectivity index (χ1) is 17.5. The molecule has 1 aliphatic carbocycles. The van der Waals surface area contributed by atoms with Crippen LogP contribution in [0.3, 0.4) is 0 Å². The number of benzene rings is 1. The number of amides is 4. The van der Waals surface area contributed by atoms with Crippen LogP contribution in [0.5, 0.6) is 0 Å².